The summed E-state index contributed by atoms with van der Waals surface area (Å²) in [6.07, 6.45) is 1.44. The van der Waals surface area contributed by atoms with Crippen molar-refractivity contribution in [2.24, 2.45) is 10.2 Å². The Morgan fingerprint density at radius 2 is 1.71 bits per heavy atom. The van der Waals surface area contributed by atoms with Crippen molar-refractivity contribution < 1.29 is 14.3 Å². The number of aromatic nitrogens is 1. The van der Waals surface area contributed by atoms with Crippen molar-refractivity contribution in [2.75, 3.05) is 0 Å². The number of aromatic hydroxyl groups is 1. The molecule has 0 bridgehead atoms. The average Bonchev–Trinajstić information content (AvgIpc) is 3.34. The van der Waals surface area contributed by atoms with E-state index in [0.29, 0.717) is 17.9 Å². The van der Waals surface area contributed by atoms with E-state index < -0.39 is 5.91 Å². The van der Waals surface area contributed by atoms with Crippen molar-refractivity contribution in [3.8, 4) is 5.88 Å². The van der Waals surface area contributed by atoms with Crippen LogP contribution in [0.3, 0.4) is 0 Å². The molecule has 6 heteroatoms. The Labute approximate surface area is 178 Å². The predicted molar refractivity (Wildman–Crippen MR) is 119 cm³/mol. The number of furan rings is 1. The van der Waals surface area contributed by atoms with E-state index in [-0.39, 0.29) is 11.6 Å². The smallest absolute Gasteiger partial charge is 0.298 e. The van der Waals surface area contributed by atoms with Crippen LogP contribution in [0, 0.1) is 6.92 Å². The third kappa shape index (κ3) is 3.28. The lowest BCUT2D eigenvalue weighted by molar-refractivity contribution is 0.0993. The Balaban J connectivity index is 1.59. The number of hydrogen-bond acceptors (Lipinski definition) is 4. The van der Waals surface area contributed by atoms with Crippen LogP contribution in [0.1, 0.15) is 21.7 Å². The lowest BCUT2D eigenvalue weighted by Gasteiger charge is -2.10. The number of rotatable bonds is 4. The van der Waals surface area contributed by atoms with Gasteiger partial charge in [0.25, 0.3) is 5.91 Å². The number of carbonyl (C=O) groups is 1. The average molecular weight is 409 g/mol. The highest BCUT2D eigenvalue weighted by Gasteiger charge is 2.18. The summed E-state index contributed by atoms with van der Waals surface area (Å²) in [5.41, 5.74) is 2.50. The molecule has 0 aliphatic carbocycles. The van der Waals surface area contributed by atoms with Crippen LogP contribution in [0.2, 0.25) is 0 Å². The molecule has 31 heavy (non-hydrogen) atoms. The van der Waals surface area contributed by atoms with Crippen LogP contribution < -0.4 is 0 Å². The Kier molecular flexibility index (Phi) is 4.59. The minimum Gasteiger partial charge on any atom is -0.493 e. The SMILES string of the molecule is Cc1occc1C(=O)N=Nc1c(O)n(Cc2cccc3ccccc23)c2ccccc12. The fraction of sp³-hybridized carbons (Fsp3) is 0.0800. The van der Waals surface area contributed by atoms with Gasteiger partial charge in [0.1, 0.15) is 5.76 Å². The van der Waals surface area contributed by atoms with Crippen molar-refractivity contribution in [1.29, 1.82) is 0 Å². The highest BCUT2D eigenvalue weighted by molar-refractivity contribution is 5.98. The number of benzene rings is 3. The first kappa shape index (κ1) is 18.8. The number of aryl methyl sites for hydroxylation is 1. The summed E-state index contributed by atoms with van der Waals surface area (Å²) in [6, 6.07) is 23.4. The maximum Gasteiger partial charge on any atom is 0.298 e. The molecule has 3 aromatic carbocycles. The molecule has 0 spiro atoms. The molecule has 1 amide bonds. The predicted octanol–water partition coefficient (Wildman–Crippen LogP) is 6.37. The minimum absolute atomic E-state index is 0.0328. The molecule has 0 saturated carbocycles. The summed E-state index contributed by atoms with van der Waals surface area (Å²) in [5, 5.41) is 22.0. The van der Waals surface area contributed by atoms with Crippen molar-refractivity contribution >= 4 is 33.3 Å². The fourth-order valence-electron chi connectivity index (χ4n) is 3.89. The number of amides is 1. The fourth-order valence-corrected chi connectivity index (χ4v) is 3.89. The van der Waals surface area contributed by atoms with E-state index in [1.165, 1.54) is 6.26 Å². The van der Waals surface area contributed by atoms with Gasteiger partial charge in [-0.15, -0.1) is 10.2 Å². The molecule has 0 fully saturated rings. The third-order valence-corrected chi connectivity index (χ3v) is 5.46. The summed E-state index contributed by atoms with van der Waals surface area (Å²) < 4.78 is 6.95. The number of nitrogens with zero attached hydrogens (tertiary/aromatic N) is 3. The van der Waals surface area contributed by atoms with E-state index in [0.717, 1.165) is 27.2 Å². The molecule has 152 valence electrons. The highest BCUT2D eigenvalue weighted by atomic mass is 16.3. The number of azo groups is 1. The molecular formula is C25H19N3O3. The Bertz CT molecular complexity index is 1450. The highest BCUT2D eigenvalue weighted by Crippen LogP contribution is 2.39. The molecule has 2 aromatic heterocycles. The molecule has 5 aromatic rings. The van der Waals surface area contributed by atoms with Gasteiger partial charge in [0.2, 0.25) is 5.88 Å². The van der Waals surface area contributed by atoms with Crippen molar-refractivity contribution in [3.63, 3.8) is 0 Å². The standard InChI is InChI=1S/C25H19N3O3/c1-16-19(13-14-31-16)24(29)27-26-23-21-11-4-5-12-22(21)28(25(23)30)15-18-9-6-8-17-7-2-3-10-20(17)18/h2-14,30H,15H2,1H3. The van der Waals surface area contributed by atoms with E-state index in [1.54, 1.807) is 17.6 Å². The van der Waals surface area contributed by atoms with Gasteiger partial charge in [-0.25, -0.2) is 0 Å². The molecule has 1 N–H and O–H groups in total. The van der Waals surface area contributed by atoms with Gasteiger partial charge in [-0.05, 0) is 35.4 Å². The van der Waals surface area contributed by atoms with Gasteiger partial charge in [-0.3, -0.25) is 4.79 Å². The number of fused-ring (bicyclic) bond motifs is 2. The van der Waals surface area contributed by atoms with Gasteiger partial charge >= 0.3 is 0 Å². The van der Waals surface area contributed by atoms with E-state index in [4.69, 9.17) is 4.42 Å². The summed E-state index contributed by atoms with van der Waals surface area (Å²) in [5.74, 6) is -0.0716. The summed E-state index contributed by atoms with van der Waals surface area (Å²) in [4.78, 5) is 12.4. The van der Waals surface area contributed by atoms with Gasteiger partial charge in [0.15, 0.2) is 5.69 Å². The van der Waals surface area contributed by atoms with E-state index in [2.05, 4.69) is 28.4 Å². The topological polar surface area (TPSA) is 80.1 Å². The summed E-state index contributed by atoms with van der Waals surface area (Å²) in [7, 11) is 0. The Morgan fingerprint density at radius 3 is 2.52 bits per heavy atom. The second-order valence-corrected chi connectivity index (χ2v) is 7.31. The van der Waals surface area contributed by atoms with E-state index in [9.17, 15) is 9.90 Å². The maximum absolute atomic E-state index is 12.4. The number of para-hydroxylation sites is 1. The molecular weight excluding hydrogens is 390 g/mol. The van der Waals surface area contributed by atoms with Gasteiger partial charge in [0, 0.05) is 5.39 Å². The van der Waals surface area contributed by atoms with Crippen molar-refractivity contribution in [3.05, 3.63) is 95.9 Å². The molecule has 0 aliphatic heterocycles. The molecule has 0 atom stereocenters. The monoisotopic (exact) mass is 409 g/mol. The zero-order chi connectivity index (χ0) is 21.4. The first-order chi connectivity index (χ1) is 15.1. The third-order valence-electron chi connectivity index (χ3n) is 5.46. The van der Waals surface area contributed by atoms with E-state index in [1.807, 2.05) is 48.5 Å². The molecule has 0 radical (unpaired) electrons. The first-order valence-electron chi connectivity index (χ1n) is 9.90. The normalized spacial score (nSPS) is 11.6. The van der Waals surface area contributed by atoms with Gasteiger partial charge in [-0.2, -0.15) is 0 Å². The molecule has 5 rings (SSSR count). The van der Waals surface area contributed by atoms with Crippen LogP contribution in [0.15, 0.2) is 93.7 Å². The molecule has 6 nitrogen and oxygen atoms in total. The van der Waals surface area contributed by atoms with Crippen LogP contribution in [-0.4, -0.2) is 15.6 Å². The molecule has 0 unspecified atom stereocenters. The molecule has 0 saturated heterocycles. The lowest BCUT2D eigenvalue weighted by atomic mass is 10.0. The van der Waals surface area contributed by atoms with Crippen LogP contribution in [0.5, 0.6) is 5.88 Å². The number of hydrogen-bond donors (Lipinski definition) is 1. The number of carbonyl (C=O) groups excluding carboxylic acids is 1. The van der Waals surface area contributed by atoms with Gasteiger partial charge < -0.3 is 14.1 Å². The van der Waals surface area contributed by atoms with Crippen LogP contribution >= 0.6 is 0 Å². The quantitative estimate of drug-likeness (QED) is 0.350. The zero-order valence-electron chi connectivity index (χ0n) is 16.8. The Hall–Kier alpha value is -4.19. The van der Waals surface area contributed by atoms with Gasteiger partial charge in [-0.1, -0.05) is 60.7 Å². The van der Waals surface area contributed by atoms with E-state index >= 15 is 0 Å². The summed E-state index contributed by atoms with van der Waals surface area (Å²) in [6.45, 7) is 2.15. The van der Waals surface area contributed by atoms with Crippen LogP contribution in [0.4, 0.5) is 5.69 Å². The molecule has 0 aliphatic rings. The Morgan fingerprint density at radius 1 is 0.968 bits per heavy atom. The molecule has 2 heterocycles. The van der Waals surface area contributed by atoms with Gasteiger partial charge in [0.05, 0.1) is 23.9 Å². The zero-order valence-corrected chi connectivity index (χ0v) is 16.8. The van der Waals surface area contributed by atoms with Crippen LogP contribution in [-0.2, 0) is 6.54 Å². The largest absolute Gasteiger partial charge is 0.493 e. The second-order valence-electron chi connectivity index (χ2n) is 7.31. The maximum atomic E-state index is 12.4. The van der Waals surface area contributed by atoms with Crippen LogP contribution in [0.25, 0.3) is 21.7 Å². The second kappa shape index (κ2) is 7.57. The minimum atomic E-state index is -0.517. The van der Waals surface area contributed by atoms with Crippen molar-refractivity contribution in [1.82, 2.24) is 4.57 Å². The first-order valence-corrected chi connectivity index (χ1v) is 9.90. The lowest BCUT2D eigenvalue weighted by Crippen LogP contribution is -1.99. The summed E-state index contributed by atoms with van der Waals surface area (Å²) >= 11 is 0. The van der Waals surface area contributed by atoms with Crippen molar-refractivity contribution in [2.45, 2.75) is 13.5 Å².